The molecule has 0 spiro atoms. The average molecular weight is 385 g/mol. The van der Waals surface area contributed by atoms with Crippen molar-refractivity contribution in [3.05, 3.63) is 30.0 Å². The largest absolute Gasteiger partial charge is 0.493 e. The topological polar surface area (TPSA) is 53.6 Å². The Labute approximate surface area is 167 Å². The van der Waals surface area contributed by atoms with Crippen molar-refractivity contribution in [1.82, 2.24) is 20.0 Å². The van der Waals surface area contributed by atoms with Gasteiger partial charge in [-0.3, -0.25) is 14.9 Å². The van der Waals surface area contributed by atoms with E-state index in [0.29, 0.717) is 6.04 Å². The summed E-state index contributed by atoms with van der Waals surface area (Å²) in [5.41, 5.74) is 3.40. The van der Waals surface area contributed by atoms with Gasteiger partial charge in [-0.15, -0.1) is 0 Å². The number of aromatic amines is 1. The minimum absolute atomic E-state index is 0.704. The third-order valence-corrected chi connectivity index (χ3v) is 6.20. The molecule has 5 rings (SSSR count). The first-order valence-corrected chi connectivity index (χ1v) is 10.4. The van der Waals surface area contributed by atoms with Crippen LogP contribution in [0, 0.1) is 5.92 Å². The third-order valence-electron chi connectivity index (χ3n) is 6.20. The molecule has 0 amide bonds. The van der Waals surface area contributed by atoms with Crippen LogP contribution in [0.3, 0.4) is 0 Å². The van der Waals surface area contributed by atoms with Gasteiger partial charge in [0.15, 0.2) is 11.5 Å². The molecule has 3 fully saturated rings. The van der Waals surface area contributed by atoms with Crippen molar-refractivity contribution in [1.29, 1.82) is 0 Å². The fourth-order valence-corrected chi connectivity index (χ4v) is 4.88. The number of nitrogens with one attached hydrogen (secondary N) is 1. The standard InChI is InChI=1S/C22H32N4O2/c1-4-9-26-13-16-5-7-19(26)15-25(12-16)14-18-11-23-24-22(18)17-6-8-20(27-2)21(10-17)28-3/h6,8,10-11,16,19H,4-5,7,9,12-15H2,1-3H3,(H,23,24)/t16-,19+/m0/s1. The molecule has 2 atom stereocenters. The first-order chi connectivity index (χ1) is 13.7. The number of nitrogens with zero attached hydrogens (tertiary/aromatic N) is 3. The maximum Gasteiger partial charge on any atom is 0.161 e. The number of H-pyrrole nitrogens is 1. The minimum Gasteiger partial charge on any atom is -0.493 e. The van der Waals surface area contributed by atoms with E-state index in [0.717, 1.165) is 41.8 Å². The Hall–Kier alpha value is -2.05. The summed E-state index contributed by atoms with van der Waals surface area (Å²) in [7, 11) is 3.33. The highest BCUT2D eigenvalue weighted by Crippen LogP contribution is 2.34. The van der Waals surface area contributed by atoms with E-state index in [1.54, 1.807) is 14.2 Å². The fourth-order valence-electron chi connectivity index (χ4n) is 4.88. The lowest BCUT2D eigenvalue weighted by atomic mass is 9.95. The van der Waals surface area contributed by atoms with Crippen molar-refractivity contribution < 1.29 is 9.47 Å². The Kier molecular flexibility index (Phi) is 5.87. The molecule has 0 saturated carbocycles. The highest BCUT2D eigenvalue weighted by molar-refractivity contribution is 5.66. The summed E-state index contributed by atoms with van der Waals surface area (Å²) in [5, 5.41) is 7.55. The van der Waals surface area contributed by atoms with E-state index in [2.05, 4.69) is 33.0 Å². The van der Waals surface area contributed by atoms with Gasteiger partial charge in [0.05, 0.1) is 26.1 Å². The van der Waals surface area contributed by atoms with Crippen molar-refractivity contribution in [3.8, 4) is 22.8 Å². The number of aromatic nitrogens is 2. The van der Waals surface area contributed by atoms with E-state index in [4.69, 9.17) is 9.47 Å². The predicted molar refractivity (Wildman–Crippen MR) is 111 cm³/mol. The minimum atomic E-state index is 0.704. The zero-order valence-corrected chi connectivity index (χ0v) is 17.3. The predicted octanol–water partition coefficient (Wildman–Crippen LogP) is 3.40. The van der Waals surface area contributed by atoms with Crippen molar-refractivity contribution in [3.63, 3.8) is 0 Å². The Morgan fingerprint density at radius 3 is 2.75 bits per heavy atom. The zero-order valence-electron chi connectivity index (χ0n) is 17.3. The number of rotatable bonds is 7. The van der Waals surface area contributed by atoms with Crippen LogP contribution in [0.25, 0.3) is 11.3 Å². The second kappa shape index (κ2) is 8.53. The maximum absolute atomic E-state index is 5.48. The van der Waals surface area contributed by atoms with Crippen LogP contribution in [0.1, 0.15) is 31.7 Å². The summed E-state index contributed by atoms with van der Waals surface area (Å²) >= 11 is 0. The number of ether oxygens (including phenoxy) is 2. The SMILES string of the molecule is CCCN1C[C@H]2CC[C@@H]1CN(Cc1cn[nH]c1-c1ccc(OC)c(OC)c1)C2. The molecule has 28 heavy (non-hydrogen) atoms. The Morgan fingerprint density at radius 1 is 1.11 bits per heavy atom. The van der Waals surface area contributed by atoms with E-state index in [9.17, 15) is 0 Å². The number of hydrogen-bond donors (Lipinski definition) is 1. The van der Waals surface area contributed by atoms with Gasteiger partial charge in [0.2, 0.25) is 0 Å². The molecule has 6 heteroatoms. The fraction of sp³-hybridized carbons (Fsp3) is 0.591. The molecule has 1 aromatic heterocycles. The van der Waals surface area contributed by atoms with Crippen LogP contribution in [-0.4, -0.2) is 66.4 Å². The van der Waals surface area contributed by atoms with E-state index < -0.39 is 0 Å². The Morgan fingerprint density at radius 2 is 1.96 bits per heavy atom. The van der Waals surface area contributed by atoms with Crippen molar-refractivity contribution >= 4 is 0 Å². The lowest BCUT2D eigenvalue weighted by Crippen LogP contribution is -2.44. The first kappa shape index (κ1) is 19.3. The molecule has 1 aromatic carbocycles. The van der Waals surface area contributed by atoms with Crippen LogP contribution in [-0.2, 0) is 6.54 Å². The number of methoxy groups -OCH3 is 2. The van der Waals surface area contributed by atoms with Gasteiger partial charge in [0.1, 0.15) is 0 Å². The molecule has 3 saturated heterocycles. The maximum atomic E-state index is 5.48. The third kappa shape index (κ3) is 3.89. The number of hydrogen-bond acceptors (Lipinski definition) is 5. The molecule has 2 bridgehead atoms. The van der Waals surface area contributed by atoms with Crippen LogP contribution in [0.5, 0.6) is 11.5 Å². The van der Waals surface area contributed by atoms with Gasteiger partial charge in [-0.1, -0.05) is 6.92 Å². The molecular formula is C22H32N4O2. The highest BCUT2D eigenvalue weighted by Gasteiger charge is 2.34. The monoisotopic (exact) mass is 384 g/mol. The molecule has 2 aromatic rings. The van der Waals surface area contributed by atoms with Gasteiger partial charge in [-0.25, -0.2) is 0 Å². The normalized spacial score (nSPS) is 23.0. The van der Waals surface area contributed by atoms with E-state index in [-0.39, 0.29) is 0 Å². The van der Waals surface area contributed by atoms with Gasteiger partial charge >= 0.3 is 0 Å². The molecule has 4 heterocycles. The average Bonchev–Trinajstić information content (AvgIpc) is 3.00. The van der Waals surface area contributed by atoms with Crippen molar-refractivity contribution in [2.75, 3.05) is 40.4 Å². The van der Waals surface area contributed by atoms with E-state index >= 15 is 0 Å². The Bertz CT molecular complexity index is 791. The van der Waals surface area contributed by atoms with Crippen LogP contribution < -0.4 is 9.47 Å². The summed E-state index contributed by atoms with van der Waals surface area (Å²) in [4.78, 5) is 5.35. The van der Waals surface area contributed by atoms with Crippen LogP contribution in [0.2, 0.25) is 0 Å². The summed E-state index contributed by atoms with van der Waals surface area (Å²) in [6.45, 7) is 8.07. The molecular weight excluding hydrogens is 352 g/mol. The van der Waals surface area contributed by atoms with E-state index in [1.165, 1.54) is 44.5 Å². The molecule has 0 aliphatic carbocycles. The zero-order chi connectivity index (χ0) is 19.5. The highest BCUT2D eigenvalue weighted by atomic mass is 16.5. The second-order valence-electron chi connectivity index (χ2n) is 8.13. The quantitative estimate of drug-likeness (QED) is 0.793. The molecule has 1 N–H and O–H groups in total. The molecule has 0 radical (unpaired) electrons. The van der Waals surface area contributed by atoms with Gasteiger partial charge in [0.25, 0.3) is 0 Å². The smallest absolute Gasteiger partial charge is 0.161 e. The van der Waals surface area contributed by atoms with Crippen molar-refractivity contribution in [2.24, 2.45) is 5.92 Å². The summed E-state index contributed by atoms with van der Waals surface area (Å²) in [6.07, 6.45) is 5.93. The number of piperidine rings is 1. The molecule has 3 aliphatic heterocycles. The molecule has 152 valence electrons. The van der Waals surface area contributed by atoms with Crippen LogP contribution in [0.15, 0.2) is 24.4 Å². The van der Waals surface area contributed by atoms with Crippen LogP contribution >= 0.6 is 0 Å². The summed E-state index contributed by atoms with van der Waals surface area (Å²) < 4.78 is 10.8. The number of fused-ring (bicyclic) bond motifs is 4. The molecule has 6 nitrogen and oxygen atoms in total. The van der Waals surface area contributed by atoms with Crippen LogP contribution in [0.4, 0.5) is 0 Å². The van der Waals surface area contributed by atoms with Crippen molar-refractivity contribution in [2.45, 2.75) is 38.8 Å². The van der Waals surface area contributed by atoms with Gasteiger partial charge in [-0.2, -0.15) is 5.10 Å². The van der Waals surface area contributed by atoms with Gasteiger partial charge < -0.3 is 9.47 Å². The summed E-state index contributed by atoms with van der Waals surface area (Å²) in [6, 6.07) is 6.74. The summed E-state index contributed by atoms with van der Waals surface area (Å²) in [5.74, 6) is 2.28. The second-order valence-corrected chi connectivity index (χ2v) is 8.13. The number of benzene rings is 1. The Balaban J connectivity index is 1.52. The molecule has 0 unspecified atom stereocenters. The lowest BCUT2D eigenvalue weighted by Gasteiger charge is -2.35. The van der Waals surface area contributed by atoms with Gasteiger partial charge in [-0.05, 0) is 49.9 Å². The van der Waals surface area contributed by atoms with Gasteiger partial charge in [0, 0.05) is 43.3 Å². The van der Waals surface area contributed by atoms with E-state index in [1.807, 2.05) is 18.3 Å². The first-order valence-electron chi connectivity index (χ1n) is 10.4. The lowest BCUT2D eigenvalue weighted by molar-refractivity contribution is 0.131. The molecule has 3 aliphatic rings.